The largest absolute Gasteiger partial charge is 0.477 e. The Morgan fingerprint density at radius 3 is 2.24 bits per heavy atom. The van der Waals surface area contributed by atoms with Gasteiger partial charge in [-0.15, -0.1) is 0 Å². The molecular formula is C12H10O4S. The van der Waals surface area contributed by atoms with Crippen molar-refractivity contribution >= 4 is 21.4 Å². The first-order chi connectivity index (χ1) is 7.90. The van der Waals surface area contributed by atoms with Crippen LogP contribution in [-0.2, 0) is 14.6 Å². The molecule has 0 aliphatic carbocycles. The molecule has 0 atom stereocenters. The average molecular weight is 250 g/mol. The summed E-state index contributed by atoms with van der Waals surface area (Å²) in [6.07, 6.45) is 1.18. The molecule has 1 N–H and O–H groups in total. The number of aliphatic carboxylic acids is 1. The fourth-order valence-electron chi connectivity index (χ4n) is 1.57. The zero-order valence-corrected chi connectivity index (χ0v) is 9.86. The number of aryl methyl sites for hydroxylation is 1. The number of allylic oxidation sites excluding steroid dienone is 2. The van der Waals surface area contributed by atoms with Gasteiger partial charge in [0.15, 0.2) is 4.91 Å². The molecule has 1 aliphatic rings. The van der Waals surface area contributed by atoms with E-state index in [1.54, 1.807) is 12.1 Å². The van der Waals surface area contributed by atoms with E-state index in [-0.39, 0.29) is 0 Å². The number of hydrogen-bond donors (Lipinski definition) is 1. The molecule has 1 heterocycles. The molecule has 5 heteroatoms. The molecule has 17 heavy (non-hydrogen) atoms. The highest BCUT2D eigenvalue weighted by atomic mass is 32.2. The normalized spacial score (nSPS) is 17.5. The van der Waals surface area contributed by atoms with Crippen LogP contribution in [0.25, 0.3) is 5.57 Å². The molecule has 4 nitrogen and oxygen atoms in total. The Labute approximate surface area is 98.8 Å². The van der Waals surface area contributed by atoms with Crippen molar-refractivity contribution in [3.05, 3.63) is 51.8 Å². The van der Waals surface area contributed by atoms with Crippen LogP contribution >= 0.6 is 0 Å². The number of benzene rings is 1. The van der Waals surface area contributed by atoms with Gasteiger partial charge in [-0.1, -0.05) is 29.8 Å². The Hall–Kier alpha value is -1.88. The molecule has 0 radical (unpaired) electrons. The number of carboxylic acids is 1. The van der Waals surface area contributed by atoms with Gasteiger partial charge < -0.3 is 5.11 Å². The van der Waals surface area contributed by atoms with E-state index in [0.29, 0.717) is 11.1 Å². The molecule has 88 valence electrons. The molecule has 0 saturated carbocycles. The predicted octanol–water partition coefficient (Wildman–Crippen LogP) is 1.73. The van der Waals surface area contributed by atoms with E-state index in [0.717, 1.165) is 11.0 Å². The summed E-state index contributed by atoms with van der Waals surface area (Å²) in [6, 6.07) is 7.21. The van der Waals surface area contributed by atoms with E-state index in [1.165, 1.54) is 6.08 Å². The van der Waals surface area contributed by atoms with Crippen molar-refractivity contribution in [3.63, 3.8) is 0 Å². The highest BCUT2D eigenvalue weighted by Gasteiger charge is 2.28. The minimum absolute atomic E-state index is 0.405. The smallest absolute Gasteiger partial charge is 0.347 e. The average Bonchev–Trinajstić information content (AvgIpc) is 2.55. The maximum Gasteiger partial charge on any atom is 0.347 e. The molecule has 0 unspecified atom stereocenters. The van der Waals surface area contributed by atoms with Crippen LogP contribution in [0.15, 0.2) is 40.7 Å². The van der Waals surface area contributed by atoms with E-state index in [9.17, 15) is 13.2 Å². The summed E-state index contributed by atoms with van der Waals surface area (Å²) in [6.45, 7) is 1.92. The number of hydrogen-bond acceptors (Lipinski definition) is 3. The van der Waals surface area contributed by atoms with Crippen LogP contribution in [0.4, 0.5) is 0 Å². The van der Waals surface area contributed by atoms with Crippen molar-refractivity contribution in [2.75, 3.05) is 0 Å². The van der Waals surface area contributed by atoms with Crippen LogP contribution in [-0.4, -0.2) is 19.5 Å². The number of sulfone groups is 1. The van der Waals surface area contributed by atoms with Crippen molar-refractivity contribution in [2.24, 2.45) is 0 Å². The third kappa shape index (κ3) is 2.14. The van der Waals surface area contributed by atoms with Gasteiger partial charge >= 0.3 is 5.97 Å². The van der Waals surface area contributed by atoms with Gasteiger partial charge in [-0.2, -0.15) is 0 Å². The summed E-state index contributed by atoms with van der Waals surface area (Å²) in [5.74, 6) is -1.43. The highest BCUT2D eigenvalue weighted by Crippen LogP contribution is 2.29. The molecule has 0 saturated heterocycles. The quantitative estimate of drug-likeness (QED) is 0.867. The third-order valence-electron chi connectivity index (χ3n) is 2.47. The van der Waals surface area contributed by atoms with Crippen LogP contribution < -0.4 is 0 Å². The Morgan fingerprint density at radius 1 is 1.18 bits per heavy atom. The Morgan fingerprint density at radius 2 is 1.76 bits per heavy atom. The summed E-state index contributed by atoms with van der Waals surface area (Å²) in [5, 5.41) is 9.76. The molecule has 2 rings (SSSR count). The fourth-order valence-corrected chi connectivity index (χ4v) is 2.77. The van der Waals surface area contributed by atoms with Crippen LogP contribution in [0.2, 0.25) is 0 Å². The SMILES string of the molecule is Cc1ccc(C2=CS(=O)(=O)C(C(=O)O)=C2)cc1. The van der Waals surface area contributed by atoms with E-state index in [1.807, 2.05) is 19.1 Å². The first kappa shape index (κ1) is 11.6. The zero-order chi connectivity index (χ0) is 12.6. The van der Waals surface area contributed by atoms with E-state index in [2.05, 4.69) is 0 Å². The van der Waals surface area contributed by atoms with Gasteiger partial charge in [0.1, 0.15) is 0 Å². The molecule has 0 aromatic heterocycles. The zero-order valence-electron chi connectivity index (χ0n) is 9.04. The van der Waals surface area contributed by atoms with Crippen LogP contribution in [0.5, 0.6) is 0 Å². The lowest BCUT2D eigenvalue weighted by atomic mass is 10.1. The van der Waals surface area contributed by atoms with E-state index in [4.69, 9.17) is 5.11 Å². The number of rotatable bonds is 2. The molecule has 1 aromatic carbocycles. The molecule has 1 aromatic rings. The van der Waals surface area contributed by atoms with Crippen molar-refractivity contribution in [1.82, 2.24) is 0 Å². The van der Waals surface area contributed by atoms with Crippen molar-refractivity contribution in [1.29, 1.82) is 0 Å². The Balaban J connectivity index is 2.50. The molecule has 0 amide bonds. The van der Waals surface area contributed by atoms with E-state index < -0.39 is 20.7 Å². The van der Waals surface area contributed by atoms with Crippen molar-refractivity contribution in [3.8, 4) is 0 Å². The Kier molecular flexibility index (Phi) is 2.63. The monoisotopic (exact) mass is 250 g/mol. The Bertz CT molecular complexity index is 634. The number of carbonyl (C=O) groups is 1. The first-order valence-corrected chi connectivity index (χ1v) is 6.43. The van der Waals surface area contributed by atoms with Gasteiger partial charge in [0, 0.05) is 5.41 Å². The van der Waals surface area contributed by atoms with Crippen molar-refractivity contribution in [2.45, 2.75) is 6.92 Å². The summed E-state index contributed by atoms with van der Waals surface area (Å²) >= 11 is 0. The highest BCUT2D eigenvalue weighted by molar-refractivity contribution is 7.99. The maximum atomic E-state index is 11.5. The standard InChI is InChI=1S/C12H10O4S/c1-8-2-4-9(5-3-8)10-6-11(12(13)14)17(15,16)7-10/h2-7H,1H3,(H,13,14). The van der Waals surface area contributed by atoms with Gasteiger partial charge in [0.25, 0.3) is 0 Å². The molecule has 0 spiro atoms. The summed E-state index contributed by atoms with van der Waals surface area (Å²) in [5.41, 5.74) is 2.15. The topological polar surface area (TPSA) is 71.4 Å². The van der Waals surface area contributed by atoms with Gasteiger partial charge in [-0.05, 0) is 24.1 Å². The second-order valence-electron chi connectivity index (χ2n) is 3.80. The minimum Gasteiger partial charge on any atom is -0.477 e. The van der Waals surface area contributed by atoms with Gasteiger partial charge in [-0.25, -0.2) is 13.2 Å². The number of carboxylic acid groups (broad SMARTS) is 1. The van der Waals surface area contributed by atoms with Crippen LogP contribution in [0.3, 0.4) is 0 Å². The molecular weight excluding hydrogens is 240 g/mol. The lowest BCUT2D eigenvalue weighted by molar-refractivity contribution is -0.131. The second kappa shape index (κ2) is 3.85. The molecule has 1 aliphatic heterocycles. The van der Waals surface area contributed by atoms with Crippen LogP contribution in [0, 0.1) is 6.92 Å². The summed E-state index contributed by atoms with van der Waals surface area (Å²) < 4.78 is 23.1. The van der Waals surface area contributed by atoms with Crippen LogP contribution in [0.1, 0.15) is 11.1 Å². The lowest BCUT2D eigenvalue weighted by Gasteiger charge is -1.98. The van der Waals surface area contributed by atoms with Crippen molar-refractivity contribution < 1.29 is 18.3 Å². The lowest BCUT2D eigenvalue weighted by Crippen LogP contribution is -2.07. The predicted molar refractivity (Wildman–Crippen MR) is 63.8 cm³/mol. The summed E-state index contributed by atoms with van der Waals surface area (Å²) in [7, 11) is -3.79. The first-order valence-electron chi connectivity index (χ1n) is 4.89. The van der Waals surface area contributed by atoms with E-state index >= 15 is 0 Å². The summed E-state index contributed by atoms with van der Waals surface area (Å²) in [4.78, 5) is 10.2. The molecule has 0 fully saturated rings. The third-order valence-corrected chi connectivity index (χ3v) is 3.94. The van der Waals surface area contributed by atoms with Gasteiger partial charge in [-0.3, -0.25) is 0 Å². The van der Waals surface area contributed by atoms with Gasteiger partial charge in [0.2, 0.25) is 9.84 Å². The fraction of sp³-hybridized carbons (Fsp3) is 0.0833. The maximum absolute atomic E-state index is 11.5. The molecule has 0 bridgehead atoms. The minimum atomic E-state index is -3.79. The second-order valence-corrected chi connectivity index (χ2v) is 5.56. The van der Waals surface area contributed by atoms with Gasteiger partial charge in [0.05, 0.1) is 0 Å².